The highest BCUT2D eigenvalue weighted by Gasteiger charge is 2.30. The van der Waals surface area contributed by atoms with Crippen LogP contribution in [-0.2, 0) is 14.3 Å². The maximum Gasteiger partial charge on any atom is 0.251 e. The molecule has 2 fully saturated rings. The Bertz CT molecular complexity index is 521. The summed E-state index contributed by atoms with van der Waals surface area (Å²) in [6.45, 7) is 4.13. The van der Waals surface area contributed by atoms with Gasteiger partial charge in [0.15, 0.2) is 0 Å². The van der Waals surface area contributed by atoms with Crippen molar-refractivity contribution in [2.75, 3.05) is 52.4 Å². The number of nitrogens with zero attached hydrogens (tertiary/aromatic N) is 5. The SMILES string of the molecule is N#CCCN(CCC#N)C(=O)CN1CCN(C(=O)C2CCCO2)CC1. The molecule has 2 heterocycles. The molecule has 8 heteroatoms. The number of carbonyl (C=O) groups is 2. The third-order valence-corrected chi connectivity index (χ3v) is 4.59. The van der Waals surface area contributed by atoms with Crippen LogP contribution in [0.4, 0.5) is 0 Å². The monoisotopic (exact) mass is 347 g/mol. The van der Waals surface area contributed by atoms with Gasteiger partial charge in [0.05, 0.1) is 31.5 Å². The molecule has 2 aliphatic rings. The molecule has 25 heavy (non-hydrogen) atoms. The smallest absolute Gasteiger partial charge is 0.251 e. The molecule has 136 valence electrons. The molecule has 0 N–H and O–H groups in total. The molecule has 0 spiro atoms. The molecule has 0 aromatic rings. The van der Waals surface area contributed by atoms with Crippen molar-refractivity contribution < 1.29 is 14.3 Å². The van der Waals surface area contributed by atoms with E-state index in [4.69, 9.17) is 15.3 Å². The molecule has 0 aromatic carbocycles. The maximum atomic E-state index is 12.4. The summed E-state index contributed by atoms with van der Waals surface area (Å²) in [5.41, 5.74) is 0. The first-order valence-electron chi connectivity index (χ1n) is 8.80. The highest BCUT2D eigenvalue weighted by atomic mass is 16.5. The average Bonchev–Trinajstić information content (AvgIpc) is 3.16. The first-order valence-corrected chi connectivity index (χ1v) is 8.80. The lowest BCUT2D eigenvalue weighted by Gasteiger charge is -2.36. The lowest BCUT2D eigenvalue weighted by molar-refractivity contribution is -0.143. The van der Waals surface area contributed by atoms with Gasteiger partial charge in [-0.05, 0) is 12.8 Å². The molecule has 0 radical (unpaired) electrons. The first-order chi connectivity index (χ1) is 12.2. The fourth-order valence-corrected chi connectivity index (χ4v) is 3.12. The summed E-state index contributed by atoms with van der Waals surface area (Å²) in [5, 5.41) is 17.4. The van der Waals surface area contributed by atoms with Gasteiger partial charge >= 0.3 is 0 Å². The zero-order valence-corrected chi connectivity index (χ0v) is 14.5. The molecular formula is C17H25N5O3. The number of piperazine rings is 1. The summed E-state index contributed by atoms with van der Waals surface area (Å²) < 4.78 is 5.45. The summed E-state index contributed by atoms with van der Waals surface area (Å²) in [5.74, 6) is -0.00227. The number of carbonyl (C=O) groups excluding carboxylic acids is 2. The van der Waals surface area contributed by atoms with Gasteiger partial charge in [0.25, 0.3) is 5.91 Å². The van der Waals surface area contributed by atoms with Crippen molar-refractivity contribution in [3.63, 3.8) is 0 Å². The zero-order chi connectivity index (χ0) is 18.1. The van der Waals surface area contributed by atoms with E-state index in [1.54, 1.807) is 4.90 Å². The average molecular weight is 347 g/mol. The van der Waals surface area contributed by atoms with Gasteiger partial charge in [0.1, 0.15) is 6.10 Å². The van der Waals surface area contributed by atoms with E-state index in [2.05, 4.69) is 0 Å². The summed E-state index contributed by atoms with van der Waals surface area (Å²) in [7, 11) is 0. The summed E-state index contributed by atoms with van der Waals surface area (Å²) in [6.07, 6.45) is 1.97. The molecule has 0 saturated carbocycles. The van der Waals surface area contributed by atoms with Crippen molar-refractivity contribution in [2.45, 2.75) is 31.8 Å². The van der Waals surface area contributed by atoms with Crippen LogP contribution in [0.15, 0.2) is 0 Å². The second kappa shape index (κ2) is 9.97. The van der Waals surface area contributed by atoms with Crippen LogP contribution < -0.4 is 0 Å². The van der Waals surface area contributed by atoms with Crippen LogP contribution in [0.1, 0.15) is 25.7 Å². The standard InChI is InChI=1S/C17H25N5O3/c18-5-2-7-21(8-3-6-19)16(23)14-20-9-11-22(12-10-20)17(24)15-4-1-13-25-15/h15H,1-4,7-14H2. The van der Waals surface area contributed by atoms with E-state index in [1.165, 1.54) is 0 Å². The minimum Gasteiger partial charge on any atom is -0.368 e. The molecule has 2 aliphatic heterocycles. The number of nitriles is 2. The van der Waals surface area contributed by atoms with Crippen LogP contribution in [0.5, 0.6) is 0 Å². The lowest BCUT2D eigenvalue weighted by atomic mass is 10.2. The van der Waals surface area contributed by atoms with E-state index >= 15 is 0 Å². The van der Waals surface area contributed by atoms with Gasteiger partial charge in [0.2, 0.25) is 5.91 Å². The predicted octanol–water partition coefficient (Wildman–Crippen LogP) is -0.0344. The number of rotatable bonds is 7. The Morgan fingerprint density at radius 1 is 1.08 bits per heavy atom. The van der Waals surface area contributed by atoms with Crippen molar-refractivity contribution in [2.24, 2.45) is 0 Å². The predicted molar refractivity (Wildman–Crippen MR) is 89.0 cm³/mol. The summed E-state index contributed by atoms with van der Waals surface area (Å²) in [6, 6.07) is 4.06. The Labute approximate surface area is 148 Å². The van der Waals surface area contributed by atoms with Crippen molar-refractivity contribution in [3.05, 3.63) is 0 Å². The molecule has 2 saturated heterocycles. The van der Waals surface area contributed by atoms with E-state index in [-0.39, 0.29) is 37.3 Å². The topological polar surface area (TPSA) is 101 Å². The maximum absolute atomic E-state index is 12.4. The van der Waals surface area contributed by atoms with Gasteiger partial charge in [-0.3, -0.25) is 14.5 Å². The van der Waals surface area contributed by atoms with E-state index in [9.17, 15) is 9.59 Å². The van der Waals surface area contributed by atoms with Crippen molar-refractivity contribution in [1.82, 2.24) is 14.7 Å². The normalized spacial score (nSPS) is 20.7. The van der Waals surface area contributed by atoms with Crippen LogP contribution >= 0.6 is 0 Å². The molecule has 0 bridgehead atoms. The van der Waals surface area contributed by atoms with Crippen molar-refractivity contribution in [1.29, 1.82) is 10.5 Å². The van der Waals surface area contributed by atoms with Gasteiger partial charge < -0.3 is 14.5 Å². The molecule has 1 unspecified atom stereocenters. The second-order valence-corrected chi connectivity index (χ2v) is 6.30. The summed E-state index contributed by atoms with van der Waals surface area (Å²) >= 11 is 0. The van der Waals surface area contributed by atoms with E-state index in [0.717, 1.165) is 12.8 Å². The van der Waals surface area contributed by atoms with E-state index in [1.807, 2.05) is 21.9 Å². The number of hydrogen-bond acceptors (Lipinski definition) is 6. The van der Waals surface area contributed by atoms with Gasteiger partial charge in [-0.1, -0.05) is 0 Å². The van der Waals surface area contributed by atoms with Crippen LogP contribution in [0.2, 0.25) is 0 Å². The highest BCUT2D eigenvalue weighted by molar-refractivity contribution is 5.81. The molecule has 0 aromatic heterocycles. The Morgan fingerprint density at radius 3 is 2.24 bits per heavy atom. The van der Waals surface area contributed by atoms with Gasteiger partial charge in [-0.2, -0.15) is 10.5 Å². The molecule has 2 amide bonds. The Kier molecular flexibility index (Phi) is 7.65. The van der Waals surface area contributed by atoms with Gasteiger partial charge in [-0.15, -0.1) is 0 Å². The first kappa shape index (κ1) is 19.2. The third-order valence-electron chi connectivity index (χ3n) is 4.59. The Morgan fingerprint density at radius 2 is 1.72 bits per heavy atom. The number of ether oxygens (including phenoxy) is 1. The fraction of sp³-hybridized carbons (Fsp3) is 0.765. The van der Waals surface area contributed by atoms with Gasteiger partial charge in [-0.25, -0.2) is 0 Å². The van der Waals surface area contributed by atoms with Crippen LogP contribution in [0.3, 0.4) is 0 Å². The van der Waals surface area contributed by atoms with Crippen LogP contribution in [0.25, 0.3) is 0 Å². The quantitative estimate of drug-likeness (QED) is 0.641. The van der Waals surface area contributed by atoms with Crippen molar-refractivity contribution in [3.8, 4) is 12.1 Å². The minimum absolute atomic E-state index is 0.0631. The number of hydrogen-bond donors (Lipinski definition) is 0. The largest absolute Gasteiger partial charge is 0.368 e. The van der Waals surface area contributed by atoms with Crippen molar-refractivity contribution >= 4 is 11.8 Å². The van der Waals surface area contributed by atoms with Crippen LogP contribution in [-0.4, -0.2) is 85.0 Å². The Hall–Kier alpha value is -2.16. The van der Waals surface area contributed by atoms with E-state index in [0.29, 0.717) is 45.9 Å². The molecule has 2 rings (SSSR count). The molecule has 0 aliphatic carbocycles. The third kappa shape index (κ3) is 5.70. The van der Waals surface area contributed by atoms with E-state index < -0.39 is 0 Å². The Balaban J connectivity index is 1.77. The van der Waals surface area contributed by atoms with Crippen LogP contribution in [0, 0.1) is 22.7 Å². The van der Waals surface area contributed by atoms with Gasteiger partial charge in [0, 0.05) is 45.9 Å². The zero-order valence-electron chi connectivity index (χ0n) is 14.5. The lowest BCUT2D eigenvalue weighted by Crippen LogP contribution is -2.53. The second-order valence-electron chi connectivity index (χ2n) is 6.30. The number of amides is 2. The highest BCUT2D eigenvalue weighted by Crippen LogP contribution is 2.16. The minimum atomic E-state index is -0.291. The fourth-order valence-electron chi connectivity index (χ4n) is 3.12. The summed E-state index contributed by atoms with van der Waals surface area (Å²) in [4.78, 5) is 30.2. The molecular weight excluding hydrogens is 322 g/mol. The molecule has 8 nitrogen and oxygen atoms in total. The molecule has 1 atom stereocenters.